The molecule has 18 heavy (non-hydrogen) atoms. The van der Waals surface area contributed by atoms with E-state index in [1.165, 1.54) is 32.1 Å². The quantitative estimate of drug-likeness (QED) is 0.490. The van der Waals surface area contributed by atoms with Gasteiger partial charge in [-0.1, -0.05) is 52.4 Å². The molecule has 3 heteroatoms. The summed E-state index contributed by atoms with van der Waals surface area (Å²) in [6, 6.07) is 0. The van der Waals surface area contributed by atoms with Crippen molar-refractivity contribution in [2.45, 2.75) is 58.8 Å². The zero-order valence-corrected chi connectivity index (χ0v) is 12.0. The maximum absolute atomic E-state index is 12.0. The fraction of sp³-hybridized carbons (Fsp3) is 0.733. The van der Waals surface area contributed by atoms with E-state index < -0.39 is 0 Å². The van der Waals surface area contributed by atoms with E-state index in [9.17, 15) is 4.79 Å². The van der Waals surface area contributed by atoms with Gasteiger partial charge in [0, 0.05) is 25.9 Å². The molecule has 0 N–H and O–H groups in total. The zero-order valence-electron chi connectivity index (χ0n) is 12.0. The van der Waals surface area contributed by atoms with Crippen LogP contribution in [-0.2, 0) is 7.05 Å². The molecule has 3 nitrogen and oxygen atoms in total. The van der Waals surface area contributed by atoms with Gasteiger partial charge in [-0.05, 0) is 5.92 Å². The average Bonchev–Trinajstić information content (AvgIpc) is 2.75. The first-order valence-corrected chi connectivity index (χ1v) is 7.15. The average molecular weight is 250 g/mol. The highest BCUT2D eigenvalue weighted by molar-refractivity contribution is 5.92. The molecule has 1 aromatic heterocycles. The second-order valence-electron chi connectivity index (χ2n) is 5.30. The van der Waals surface area contributed by atoms with E-state index in [-0.39, 0.29) is 5.78 Å². The Hall–Kier alpha value is -1.12. The van der Waals surface area contributed by atoms with Gasteiger partial charge >= 0.3 is 0 Å². The van der Waals surface area contributed by atoms with E-state index in [0.717, 1.165) is 6.42 Å². The monoisotopic (exact) mass is 250 g/mol. The van der Waals surface area contributed by atoms with Crippen LogP contribution in [0, 0.1) is 5.92 Å². The molecule has 0 aliphatic heterocycles. The smallest absolute Gasteiger partial charge is 0.198 e. The van der Waals surface area contributed by atoms with Crippen molar-refractivity contribution >= 4 is 5.78 Å². The highest BCUT2D eigenvalue weighted by atomic mass is 16.1. The molecular formula is C15H26N2O. The molecule has 1 aromatic rings. The van der Waals surface area contributed by atoms with Crippen LogP contribution in [0.5, 0.6) is 0 Å². The number of ketones is 1. The molecule has 1 heterocycles. The molecule has 0 radical (unpaired) electrons. The second-order valence-corrected chi connectivity index (χ2v) is 5.30. The minimum Gasteiger partial charge on any atom is -0.332 e. The van der Waals surface area contributed by atoms with Gasteiger partial charge in [0.2, 0.25) is 0 Å². The Bertz CT molecular complexity index is 357. The second kappa shape index (κ2) is 8.06. The number of imidazole rings is 1. The Morgan fingerprint density at radius 1 is 1.33 bits per heavy atom. The van der Waals surface area contributed by atoms with Crippen molar-refractivity contribution in [3.63, 3.8) is 0 Å². The third kappa shape index (κ3) is 5.03. The number of carbonyl (C=O) groups is 1. The lowest BCUT2D eigenvalue weighted by Crippen LogP contribution is -2.11. The fourth-order valence-corrected chi connectivity index (χ4v) is 2.24. The van der Waals surface area contributed by atoms with Crippen molar-refractivity contribution < 1.29 is 4.79 Å². The van der Waals surface area contributed by atoms with E-state index in [2.05, 4.69) is 18.8 Å². The molecule has 102 valence electrons. The Kier molecular flexibility index (Phi) is 6.69. The third-order valence-corrected chi connectivity index (χ3v) is 3.40. The van der Waals surface area contributed by atoms with Crippen molar-refractivity contribution in [1.82, 2.24) is 9.55 Å². The predicted molar refractivity (Wildman–Crippen MR) is 74.7 cm³/mol. The number of hydrogen-bond donors (Lipinski definition) is 0. The van der Waals surface area contributed by atoms with E-state index in [4.69, 9.17) is 0 Å². The van der Waals surface area contributed by atoms with E-state index in [0.29, 0.717) is 18.2 Å². The molecular weight excluding hydrogens is 224 g/mol. The maximum Gasteiger partial charge on any atom is 0.198 e. The first-order valence-electron chi connectivity index (χ1n) is 7.15. The van der Waals surface area contributed by atoms with E-state index in [1.54, 1.807) is 10.8 Å². The summed E-state index contributed by atoms with van der Waals surface area (Å²) in [7, 11) is 1.87. The van der Waals surface area contributed by atoms with Crippen molar-refractivity contribution in [2.75, 3.05) is 0 Å². The first kappa shape index (κ1) is 14.9. The number of rotatable bonds is 9. The number of hydrogen-bond acceptors (Lipinski definition) is 2. The van der Waals surface area contributed by atoms with Crippen molar-refractivity contribution in [2.24, 2.45) is 13.0 Å². The van der Waals surface area contributed by atoms with Gasteiger partial charge < -0.3 is 4.57 Å². The predicted octanol–water partition coefficient (Wildman–Crippen LogP) is 3.99. The molecule has 1 rings (SSSR count). The number of aryl methyl sites for hydroxylation is 1. The van der Waals surface area contributed by atoms with Crippen LogP contribution in [-0.4, -0.2) is 15.3 Å². The normalized spacial score (nSPS) is 12.6. The molecule has 0 bridgehead atoms. The van der Waals surface area contributed by atoms with Crippen LogP contribution < -0.4 is 0 Å². The van der Waals surface area contributed by atoms with Crippen LogP contribution in [0.4, 0.5) is 0 Å². The summed E-state index contributed by atoms with van der Waals surface area (Å²) in [6.07, 6.45) is 11.8. The lowest BCUT2D eigenvalue weighted by atomic mass is 9.97. The molecule has 0 aromatic carbocycles. The van der Waals surface area contributed by atoms with Crippen LogP contribution in [0.25, 0.3) is 0 Å². The summed E-state index contributed by atoms with van der Waals surface area (Å²) in [4.78, 5) is 16.1. The van der Waals surface area contributed by atoms with Crippen LogP contribution in [0.2, 0.25) is 0 Å². The highest BCUT2D eigenvalue weighted by Gasteiger charge is 2.14. The zero-order chi connectivity index (χ0) is 13.4. The topological polar surface area (TPSA) is 34.9 Å². The van der Waals surface area contributed by atoms with Gasteiger partial charge in [0.1, 0.15) is 0 Å². The van der Waals surface area contributed by atoms with Crippen LogP contribution in [0.3, 0.4) is 0 Å². The van der Waals surface area contributed by atoms with E-state index >= 15 is 0 Å². The SMILES string of the molecule is CCCCCCC[C@@H](C)CC(=O)c1nccn1C. The molecule has 0 amide bonds. The van der Waals surface area contributed by atoms with Crippen LogP contribution in [0.1, 0.15) is 69.4 Å². The lowest BCUT2D eigenvalue weighted by Gasteiger charge is -2.10. The Morgan fingerprint density at radius 2 is 2.06 bits per heavy atom. The minimum absolute atomic E-state index is 0.170. The van der Waals surface area contributed by atoms with Gasteiger partial charge in [0.15, 0.2) is 11.6 Å². The summed E-state index contributed by atoms with van der Waals surface area (Å²) in [6.45, 7) is 4.40. The highest BCUT2D eigenvalue weighted by Crippen LogP contribution is 2.16. The summed E-state index contributed by atoms with van der Waals surface area (Å²) in [5.41, 5.74) is 0. The molecule has 0 saturated carbocycles. The molecule has 0 unspecified atom stereocenters. The molecule has 0 aliphatic carbocycles. The minimum atomic E-state index is 0.170. The molecule has 0 spiro atoms. The fourth-order valence-electron chi connectivity index (χ4n) is 2.24. The largest absolute Gasteiger partial charge is 0.332 e. The number of aromatic nitrogens is 2. The summed E-state index contributed by atoms with van der Waals surface area (Å²) < 4.78 is 1.80. The molecule has 1 atom stereocenters. The van der Waals surface area contributed by atoms with Gasteiger partial charge in [0.05, 0.1) is 0 Å². The first-order chi connectivity index (χ1) is 8.65. The van der Waals surface area contributed by atoms with Crippen LogP contribution >= 0.6 is 0 Å². The van der Waals surface area contributed by atoms with Crippen molar-refractivity contribution in [1.29, 1.82) is 0 Å². The summed E-state index contributed by atoms with van der Waals surface area (Å²) >= 11 is 0. The number of carbonyl (C=O) groups excluding carboxylic acids is 1. The number of nitrogens with zero attached hydrogens (tertiary/aromatic N) is 2. The third-order valence-electron chi connectivity index (χ3n) is 3.40. The number of Topliss-reactive ketones (excluding diaryl/α,β-unsaturated/α-hetero) is 1. The Labute approximate surface area is 111 Å². The van der Waals surface area contributed by atoms with Crippen molar-refractivity contribution in [3.8, 4) is 0 Å². The molecule has 0 aliphatic rings. The van der Waals surface area contributed by atoms with Gasteiger partial charge in [0.25, 0.3) is 0 Å². The summed E-state index contributed by atoms with van der Waals surface area (Å²) in [5.74, 6) is 1.23. The van der Waals surface area contributed by atoms with Crippen LogP contribution in [0.15, 0.2) is 12.4 Å². The standard InChI is InChI=1S/C15H26N2O/c1-4-5-6-7-8-9-13(2)12-14(18)15-16-10-11-17(15)3/h10-11,13H,4-9,12H2,1-3H3/t13-/m1/s1. The summed E-state index contributed by atoms with van der Waals surface area (Å²) in [5, 5.41) is 0. The van der Waals surface area contributed by atoms with E-state index in [1.807, 2.05) is 13.2 Å². The molecule has 0 saturated heterocycles. The Balaban J connectivity index is 2.22. The van der Waals surface area contributed by atoms with Gasteiger partial charge in [-0.25, -0.2) is 4.98 Å². The van der Waals surface area contributed by atoms with Gasteiger partial charge in [-0.2, -0.15) is 0 Å². The lowest BCUT2D eigenvalue weighted by molar-refractivity contribution is 0.0949. The number of unbranched alkanes of at least 4 members (excludes halogenated alkanes) is 4. The van der Waals surface area contributed by atoms with Crippen molar-refractivity contribution in [3.05, 3.63) is 18.2 Å². The maximum atomic E-state index is 12.0. The Morgan fingerprint density at radius 3 is 2.67 bits per heavy atom. The van der Waals surface area contributed by atoms with Gasteiger partial charge in [-0.3, -0.25) is 4.79 Å². The molecule has 0 fully saturated rings. The van der Waals surface area contributed by atoms with Gasteiger partial charge in [-0.15, -0.1) is 0 Å².